The molecule has 0 N–H and O–H groups in total. The van der Waals surface area contributed by atoms with Crippen LogP contribution in [0.5, 0.6) is 0 Å². The van der Waals surface area contributed by atoms with Gasteiger partial charge in [-0.15, -0.1) is 11.7 Å². The van der Waals surface area contributed by atoms with Crippen LogP contribution in [0.15, 0.2) is 48.4 Å². The third-order valence-electron chi connectivity index (χ3n) is 3.45. The zero-order valence-electron chi connectivity index (χ0n) is 13.8. The van der Waals surface area contributed by atoms with Gasteiger partial charge in [-0.1, -0.05) is 6.08 Å². The number of rotatable bonds is 6. The lowest BCUT2D eigenvalue weighted by molar-refractivity contribution is 0.204. The van der Waals surface area contributed by atoms with Crippen molar-refractivity contribution < 1.29 is 17.6 Å². The van der Waals surface area contributed by atoms with Crippen LogP contribution in [0.1, 0.15) is 6.92 Å². The minimum Gasteiger partial charge on any atom is -0.319 e. The van der Waals surface area contributed by atoms with Crippen molar-refractivity contribution in [2.24, 2.45) is 0 Å². The number of nitrogens with zero attached hydrogens (tertiary/aromatic N) is 5. The highest BCUT2D eigenvalue weighted by Crippen LogP contribution is 2.20. The molecule has 134 valence electrons. The van der Waals surface area contributed by atoms with Gasteiger partial charge in [0.2, 0.25) is 0 Å². The lowest BCUT2D eigenvalue weighted by Gasteiger charge is -2.18. The first kappa shape index (κ1) is 18.6. The van der Waals surface area contributed by atoms with Gasteiger partial charge in [-0.25, -0.2) is 14.2 Å². The molecule has 0 aliphatic rings. The van der Waals surface area contributed by atoms with E-state index < -0.39 is 27.0 Å². The number of amides is 1. The first-order valence-corrected chi connectivity index (χ1v) is 8.81. The van der Waals surface area contributed by atoms with E-state index in [0.29, 0.717) is 13.1 Å². The molecule has 0 fully saturated rings. The standard InChI is InChI=1S/C15H18FN5O3S/c1-4-10-20(5-2)15(22)21-11-17-14(18-21)25(23,24)19(3)13-8-6-12(16)7-9-13/h4,6-9,11H,1,5,10H2,2-3H3. The summed E-state index contributed by atoms with van der Waals surface area (Å²) in [4.78, 5) is 17.4. The van der Waals surface area contributed by atoms with Gasteiger partial charge in [-0.05, 0) is 31.2 Å². The van der Waals surface area contributed by atoms with Crippen LogP contribution in [-0.4, -0.2) is 54.3 Å². The Bertz CT molecular complexity index is 864. The third kappa shape index (κ3) is 3.85. The number of hydrogen-bond donors (Lipinski definition) is 0. The second-order valence-corrected chi connectivity index (χ2v) is 6.89. The summed E-state index contributed by atoms with van der Waals surface area (Å²) in [6, 6.07) is 4.41. The number of halogens is 1. The molecule has 1 aromatic heterocycles. The minimum absolute atomic E-state index is 0.242. The van der Waals surface area contributed by atoms with Crippen molar-refractivity contribution in [3.05, 3.63) is 49.1 Å². The maximum Gasteiger partial charge on any atom is 0.346 e. The zero-order valence-corrected chi connectivity index (χ0v) is 14.6. The third-order valence-corrected chi connectivity index (χ3v) is 5.03. The Kier molecular flexibility index (Phi) is 5.52. The van der Waals surface area contributed by atoms with E-state index in [4.69, 9.17) is 0 Å². The average Bonchev–Trinajstić information content (AvgIpc) is 3.10. The number of anilines is 1. The summed E-state index contributed by atoms with van der Waals surface area (Å²) in [6.07, 6.45) is 2.60. The fourth-order valence-electron chi connectivity index (χ4n) is 2.01. The number of carbonyl (C=O) groups excluding carboxylic acids is 1. The average molecular weight is 367 g/mol. The van der Waals surface area contributed by atoms with Crippen LogP contribution >= 0.6 is 0 Å². The Morgan fingerprint density at radius 1 is 1.36 bits per heavy atom. The van der Waals surface area contributed by atoms with E-state index in [-0.39, 0.29) is 5.69 Å². The summed E-state index contributed by atoms with van der Waals surface area (Å²) >= 11 is 0. The molecule has 0 bridgehead atoms. The first-order valence-electron chi connectivity index (χ1n) is 7.37. The van der Waals surface area contributed by atoms with Gasteiger partial charge in [0.15, 0.2) is 0 Å². The van der Waals surface area contributed by atoms with E-state index in [1.54, 1.807) is 13.0 Å². The Morgan fingerprint density at radius 2 is 2.00 bits per heavy atom. The summed E-state index contributed by atoms with van der Waals surface area (Å²) in [5, 5.41) is 3.25. The normalized spacial score (nSPS) is 11.2. The van der Waals surface area contributed by atoms with E-state index in [1.807, 2.05) is 0 Å². The lowest BCUT2D eigenvalue weighted by atomic mass is 10.3. The summed E-state index contributed by atoms with van der Waals surface area (Å²) in [7, 11) is -2.79. The monoisotopic (exact) mass is 367 g/mol. The number of sulfonamides is 1. The SMILES string of the molecule is C=CCN(CC)C(=O)n1cnc(S(=O)(=O)N(C)c2ccc(F)cc2)n1. The topological polar surface area (TPSA) is 88.4 Å². The molecule has 1 aromatic carbocycles. The molecule has 0 saturated carbocycles. The minimum atomic E-state index is -4.09. The van der Waals surface area contributed by atoms with Gasteiger partial charge in [0.1, 0.15) is 12.1 Å². The number of aromatic nitrogens is 3. The molecule has 0 spiro atoms. The quantitative estimate of drug-likeness (QED) is 0.726. The summed E-state index contributed by atoms with van der Waals surface area (Å²) in [5.74, 6) is -0.482. The second-order valence-electron chi connectivity index (χ2n) is 5.03. The highest BCUT2D eigenvalue weighted by molar-refractivity contribution is 7.92. The van der Waals surface area contributed by atoms with Crippen LogP contribution < -0.4 is 4.31 Å². The molecule has 2 aromatic rings. The largest absolute Gasteiger partial charge is 0.346 e. The highest BCUT2D eigenvalue weighted by atomic mass is 32.2. The van der Waals surface area contributed by atoms with Gasteiger partial charge in [0, 0.05) is 20.1 Å². The van der Waals surface area contributed by atoms with E-state index in [0.717, 1.165) is 27.4 Å². The zero-order chi connectivity index (χ0) is 18.6. The predicted molar refractivity (Wildman–Crippen MR) is 90.2 cm³/mol. The van der Waals surface area contributed by atoms with Crippen LogP contribution in [0.25, 0.3) is 0 Å². The van der Waals surface area contributed by atoms with Crippen molar-refractivity contribution >= 4 is 21.7 Å². The van der Waals surface area contributed by atoms with Crippen molar-refractivity contribution in [3.8, 4) is 0 Å². The predicted octanol–water partition coefficient (Wildman–Crippen LogP) is 1.72. The number of carbonyl (C=O) groups is 1. The van der Waals surface area contributed by atoms with Crippen LogP contribution in [0.4, 0.5) is 14.9 Å². The van der Waals surface area contributed by atoms with E-state index in [1.165, 1.54) is 24.1 Å². The Morgan fingerprint density at radius 3 is 2.56 bits per heavy atom. The van der Waals surface area contributed by atoms with Gasteiger partial charge in [0.25, 0.3) is 5.16 Å². The fraction of sp³-hybridized carbons (Fsp3) is 0.267. The molecule has 0 atom stereocenters. The molecule has 0 aliphatic heterocycles. The van der Waals surface area contributed by atoms with Crippen molar-refractivity contribution in [1.82, 2.24) is 19.7 Å². The molecule has 0 saturated heterocycles. The number of likely N-dealkylation sites (N-methyl/N-ethyl adjacent to an activating group) is 1. The Hall–Kier alpha value is -2.75. The molecule has 2 rings (SSSR count). The summed E-state index contributed by atoms with van der Waals surface area (Å²) in [6.45, 7) is 6.04. The maximum atomic E-state index is 13.0. The van der Waals surface area contributed by atoms with Crippen molar-refractivity contribution in [3.63, 3.8) is 0 Å². The second kappa shape index (κ2) is 7.43. The number of hydrogen-bond acceptors (Lipinski definition) is 5. The van der Waals surface area contributed by atoms with Crippen molar-refractivity contribution in [2.75, 3.05) is 24.4 Å². The molecule has 8 nitrogen and oxygen atoms in total. The van der Waals surface area contributed by atoms with Crippen molar-refractivity contribution in [1.29, 1.82) is 0 Å². The molecule has 0 aliphatic carbocycles. The van der Waals surface area contributed by atoms with Crippen LogP contribution in [-0.2, 0) is 10.0 Å². The molecule has 10 heteroatoms. The first-order chi connectivity index (χ1) is 11.8. The Balaban J connectivity index is 2.29. The molecule has 1 heterocycles. The van der Waals surface area contributed by atoms with Crippen molar-refractivity contribution in [2.45, 2.75) is 12.1 Å². The van der Waals surface area contributed by atoms with E-state index in [9.17, 15) is 17.6 Å². The molecule has 25 heavy (non-hydrogen) atoms. The van der Waals surface area contributed by atoms with E-state index >= 15 is 0 Å². The molecular weight excluding hydrogens is 349 g/mol. The summed E-state index contributed by atoms with van der Waals surface area (Å²) in [5.41, 5.74) is 0.242. The van der Waals surface area contributed by atoms with Gasteiger partial charge in [0.05, 0.1) is 5.69 Å². The van der Waals surface area contributed by atoms with Gasteiger partial charge in [-0.2, -0.15) is 13.1 Å². The number of benzene rings is 1. The van der Waals surface area contributed by atoms with Crippen LogP contribution in [0.2, 0.25) is 0 Å². The molecule has 1 amide bonds. The smallest absolute Gasteiger partial charge is 0.319 e. The van der Waals surface area contributed by atoms with Gasteiger partial charge >= 0.3 is 16.1 Å². The molecule has 0 radical (unpaired) electrons. The molecular formula is C15H18FN5O3S. The maximum absolute atomic E-state index is 13.0. The Labute approximate surface area is 145 Å². The van der Waals surface area contributed by atoms with Crippen LogP contribution in [0, 0.1) is 5.82 Å². The highest BCUT2D eigenvalue weighted by Gasteiger charge is 2.27. The molecule has 0 unspecified atom stereocenters. The van der Waals surface area contributed by atoms with Crippen LogP contribution in [0.3, 0.4) is 0 Å². The summed E-state index contributed by atoms with van der Waals surface area (Å²) < 4.78 is 39.9. The van der Waals surface area contributed by atoms with Gasteiger partial charge < -0.3 is 4.90 Å². The fourth-order valence-corrected chi connectivity index (χ4v) is 3.03. The van der Waals surface area contributed by atoms with Gasteiger partial charge in [-0.3, -0.25) is 4.31 Å². The lowest BCUT2D eigenvalue weighted by Crippen LogP contribution is -2.35. The van der Waals surface area contributed by atoms with E-state index in [2.05, 4.69) is 16.7 Å².